The third kappa shape index (κ3) is 4.78. The van der Waals surface area contributed by atoms with Gasteiger partial charge in [-0.15, -0.1) is 0 Å². The highest BCUT2D eigenvalue weighted by Crippen LogP contribution is 2.23. The third-order valence-electron chi connectivity index (χ3n) is 5.15. The Bertz CT molecular complexity index is 550. The molecule has 2 aliphatic heterocycles. The van der Waals surface area contributed by atoms with Gasteiger partial charge >= 0.3 is 6.03 Å². The smallest absolute Gasteiger partial charge is 0.315 e. The molecule has 0 saturated carbocycles. The van der Waals surface area contributed by atoms with Gasteiger partial charge in [-0.2, -0.15) is 0 Å². The van der Waals surface area contributed by atoms with Gasteiger partial charge in [0.15, 0.2) is 0 Å². The number of nitrogens with zero attached hydrogens (tertiary/aromatic N) is 1. The van der Waals surface area contributed by atoms with Crippen molar-refractivity contribution in [2.45, 2.75) is 50.8 Å². The minimum atomic E-state index is -0.0779. The number of urea groups is 1. The van der Waals surface area contributed by atoms with Gasteiger partial charge in [-0.3, -0.25) is 0 Å². The molecule has 1 aromatic carbocycles. The van der Waals surface area contributed by atoms with Crippen molar-refractivity contribution in [3.05, 3.63) is 24.3 Å². The van der Waals surface area contributed by atoms with E-state index in [4.69, 9.17) is 9.47 Å². The Labute approximate surface area is 149 Å². The van der Waals surface area contributed by atoms with Crippen LogP contribution in [0.1, 0.15) is 32.6 Å². The summed E-state index contributed by atoms with van der Waals surface area (Å²) in [5.41, 5.74) is 1.20. The van der Waals surface area contributed by atoms with Crippen molar-refractivity contribution in [1.29, 1.82) is 0 Å². The van der Waals surface area contributed by atoms with Gasteiger partial charge < -0.3 is 25.0 Å². The first kappa shape index (κ1) is 17.9. The van der Waals surface area contributed by atoms with E-state index in [2.05, 4.69) is 27.7 Å². The maximum Gasteiger partial charge on any atom is 0.315 e. The predicted octanol–water partition coefficient (Wildman–Crippen LogP) is 2.53. The SMILES string of the molecule is COc1ccc(N2CCC(NC(=O)N[C@@H](C)[C@@H]3CCCO3)CC2)cc1. The van der Waals surface area contributed by atoms with Gasteiger partial charge in [0.25, 0.3) is 0 Å². The molecule has 25 heavy (non-hydrogen) atoms. The number of anilines is 1. The summed E-state index contributed by atoms with van der Waals surface area (Å²) in [5, 5.41) is 6.13. The van der Waals surface area contributed by atoms with Gasteiger partial charge in [0.1, 0.15) is 5.75 Å². The van der Waals surface area contributed by atoms with Gasteiger partial charge in [-0.05, 0) is 56.9 Å². The molecule has 0 aliphatic carbocycles. The first-order valence-corrected chi connectivity index (χ1v) is 9.23. The summed E-state index contributed by atoms with van der Waals surface area (Å²) in [6.07, 6.45) is 4.17. The summed E-state index contributed by atoms with van der Waals surface area (Å²) in [5.74, 6) is 0.873. The monoisotopic (exact) mass is 347 g/mol. The maximum absolute atomic E-state index is 12.2. The lowest BCUT2D eigenvalue weighted by molar-refractivity contribution is 0.0858. The molecule has 0 spiro atoms. The average molecular weight is 347 g/mol. The van der Waals surface area contributed by atoms with Crippen LogP contribution in [0.25, 0.3) is 0 Å². The molecular weight excluding hydrogens is 318 g/mol. The summed E-state index contributed by atoms with van der Waals surface area (Å²) in [7, 11) is 1.68. The molecule has 2 fully saturated rings. The molecule has 0 unspecified atom stereocenters. The van der Waals surface area contributed by atoms with E-state index in [0.717, 1.165) is 51.1 Å². The molecule has 1 aromatic rings. The minimum Gasteiger partial charge on any atom is -0.497 e. The molecule has 6 nitrogen and oxygen atoms in total. The molecule has 3 rings (SSSR count). The van der Waals surface area contributed by atoms with Crippen molar-refractivity contribution in [3.63, 3.8) is 0 Å². The number of methoxy groups -OCH3 is 1. The van der Waals surface area contributed by atoms with E-state index in [9.17, 15) is 4.79 Å². The zero-order valence-corrected chi connectivity index (χ0v) is 15.2. The van der Waals surface area contributed by atoms with Crippen molar-refractivity contribution in [3.8, 4) is 5.75 Å². The van der Waals surface area contributed by atoms with E-state index in [-0.39, 0.29) is 24.2 Å². The second kappa shape index (κ2) is 8.43. The summed E-state index contributed by atoms with van der Waals surface area (Å²) in [6, 6.07) is 8.35. The van der Waals surface area contributed by atoms with Crippen molar-refractivity contribution < 1.29 is 14.3 Å². The Hall–Kier alpha value is -1.95. The Morgan fingerprint density at radius 1 is 1.24 bits per heavy atom. The van der Waals surface area contributed by atoms with E-state index in [0.29, 0.717) is 0 Å². The molecule has 0 aromatic heterocycles. The molecule has 2 N–H and O–H groups in total. The van der Waals surface area contributed by atoms with Gasteiger partial charge in [-0.25, -0.2) is 4.79 Å². The molecule has 2 aliphatic rings. The number of rotatable bonds is 5. The van der Waals surface area contributed by atoms with E-state index < -0.39 is 0 Å². The van der Waals surface area contributed by atoms with Crippen LogP contribution in [0.15, 0.2) is 24.3 Å². The fourth-order valence-electron chi connectivity index (χ4n) is 3.60. The molecule has 0 radical (unpaired) electrons. The standard InChI is InChI=1S/C19H29N3O3/c1-14(18-4-3-13-25-18)20-19(23)21-15-9-11-22(12-10-15)16-5-7-17(24-2)8-6-16/h5-8,14-15,18H,3-4,9-13H2,1-2H3,(H2,20,21,23)/t14-,18-/m0/s1. The molecule has 2 atom stereocenters. The minimum absolute atomic E-state index is 0.0573. The number of ether oxygens (including phenoxy) is 2. The zero-order valence-electron chi connectivity index (χ0n) is 15.2. The van der Waals surface area contributed by atoms with Crippen molar-refractivity contribution >= 4 is 11.7 Å². The highest BCUT2D eigenvalue weighted by molar-refractivity contribution is 5.74. The first-order chi connectivity index (χ1) is 12.2. The molecule has 138 valence electrons. The number of hydrogen-bond donors (Lipinski definition) is 2. The second-order valence-corrected chi connectivity index (χ2v) is 6.92. The number of piperidine rings is 1. The normalized spacial score (nSPS) is 22.5. The molecule has 0 bridgehead atoms. The number of carbonyl (C=O) groups excluding carboxylic acids is 1. The molecule has 2 amide bonds. The van der Waals surface area contributed by atoms with E-state index >= 15 is 0 Å². The summed E-state index contributed by atoms with van der Waals surface area (Å²) in [6.45, 7) is 4.71. The fourth-order valence-corrected chi connectivity index (χ4v) is 3.60. The molecule has 2 heterocycles. The lowest BCUT2D eigenvalue weighted by Gasteiger charge is -2.34. The molecule has 2 saturated heterocycles. The molecular formula is C19H29N3O3. The number of nitrogens with one attached hydrogen (secondary N) is 2. The Balaban J connectivity index is 1.41. The second-order valence-electron chi connectivity index (χ2n) is 6.92. The van der Waals surface area contributed by atoms with Crippen LogP contribution in [0.3, 0.4) is 0 Å². The predicted molar refractivity (Wildman–Crippen MR) is 98.3 cm³/mol. The van der Waals surface area contributed by atoms with Gasteiger partial charge in [0, 0.05) is 31.4 Å². The van der Waals surface area contributed by atoms with Crippen LogP contribution in [0.2, 0.25) is 0 Å². The van der Waals surface area contributed by atoms with Gasteiger partial charge in [0.05, 0.1) is 19.3 Å². The third-order valence-corrected chi connectivity index (χ3v) is 5.15. The van der Waals surface area contributed by atoms with E-state index in [1.807, 2.05) is 19.1 Å². The van der Waals surface area contributed by atoms with Crippen molar-refractivity contribution in [2.75, 3.05) is 31.7 Å². The van der Waals surface area contributed by atoms with Crippen molar-refractivity contribution in [1.82, 2.24) is 10.6 Å². The van der Waals surface area contributed by atoms with Crippen LogP contribution in [0, 0.1) is 0 Å². The van der Waals surface area contributed by atoms with E-state index in [1.165, 1.54) is 5.69 Å². The highest BCUT2D eigenvalue weighted by atomic mass is 16.5. The summed E-state index contributed by atoms with van der Waals surface area (Å²) < 4.78 is 10.8. The van der Waals surface area contributed by atoms with Crippen LogP contribution in [0.5, 0.6) is 5.75 Å². The topological polar surface area (TPSA) is 62.8 Å². The number of benzene rings is 1. The number of carbonyl (C=O) groups is 1. The quantitative estimate of drug-likeness (QED) is 0.859. The lowest BCUT2D eigenvalue weighted by atomic mass is 10.0. The summed E-state index contributed by atoms with van der Waals surface area (Å²) in [4.78, 5) is 14.5. The number of amides is 2. The maximum atomic E-state index is 12.2. The molecule has 6 heteroatoms. The van der Waals surface area contributed by atoms with E-state index in [1.54, 1.807) is 7.11 Å². The van der Waals surface area contributed by atoms with Crippen LogP contribution >= 0.6 is 0 Å². The van der Waals surface area contributed by atoms with Gasteiger partial charge in [0.2, 0.25) is 0 Å². The van der Waals surface area contributed by atoms with Crippen LogP contribution < -0.4 is 20.3 Å². The average Bonchev–Trinajstić information content (AvgIpc) is 3.17. The Kier molecular flexibility index (Phi) is 6.02. The first-order valence-electron chi connectivity index (χ1n) is 9.23. The largest absolute Gasteiger partial charge is 0.497 e. The summed E-state index contributed by atoms with van der Waals surface area (Å²) >= 11 is 0. The lowest BCUT2D eigenvalue weighted by Crippen LogP contribution is -2.51. The fraction of sp³-hybridized carbons (Fsp3) is 0.632. The zero-order chi connectivity index (χ0) is 17.6. The van der Waals surface area contributed by atoms with Gasteiger partial charge in [-0.1, -0.05) is 0 Å². The Morgan fingerprint density at radius 2 is 1.96 bits per heavy atom. The van der Waals surface area contributed by atoms with Crippen molar-refractivity contribution in [2.24, 2.45) is 0 Å². The van der Waals surface area contributed by atoms with Crippen LogP contribution in [0.4, 0.5) is 10.5 Å². The van der Waals surface area contributed by atoms with Crippen LogP contribution in [-0.4, -0.2) is 51.0 Å². The highest BCUT2D eigenvalue weighted by Gasteiger charge is 2.25. The Morgan fingerprint density at radius 3 is 2.56 bits per heavy atom. The number of hydrogen-bond acceptors (Lipinski definition) is 4. The van der Waals surface area contributed by atoms with Crippen LogP contribution in [-0.2, 0) is 4.74 Å².